The average Bonchev–Trinajstić information content (AvgIpc) is 2.20. The predicted octanol–water partition coefficient (Wildman–Crippen LogP) is 1.21. The number of hydrogen-bond donors (Lipinski definition) is 1. The minimum absolute atomic E-state index is 0.190. The maximum Gasteiger partial charge on any atom is 0.345 e. The van der Waals surface area contributed by atoms with Crippen LogP contribution >= 0.6 is 0 Å². The lowest BCUT2D eigenvalue weighted by atomic mass is 9.63. The maximum absolute atomic E-state index is 11.3. The zero-order chi connectivity index (χ0) is 10.5. The number of urea groups is 1. The van der Waals surface area contributed by atoms with E-state index in [-0.39, 0.29) is 11.6 Å². The summed E-state index contributed by atoms with van der Waals surface area (Å²) >= 11 is 0. The number of carbonyl (C=O) groups excluding carboxylic acids is 1. The van der Waals surface area contributed by atoms with Gasteiger partial charge >= 0.3 is 6.03 Å². The highest BCUT2D eigenvalue weighted by atomic mass is 16.2. The highest BCUT2D eigenvalue weighted by Crippen LogP contribution is 2.47. The first kappa shape index (κ1) is 9.49. The van der Waals surface area contributed by atoms with Crippen molar-refractivity contribution in [2.24, 2.45) is 22.6 Å². The second-order valence-corrected chi connectivity index (χ2v) is 4.78. The van der Waals surface area contributed by atoms with Crippen LogP contribution in [0.15, 0.2) is 4.99 Å². The van der Waals surface area contributed by atoms with Crippen LogP contribution in [0.1, 0.15) is 26.7 Å². The van der Waals surface area contributed by atoms with Crippen molar-refractivity contribution < 1.29 is 4.79 Å². The molecule has 0 aromatic rings. The van der Waals surface area contributed by atoms with Gasteiger partial charge in [0.1, 0.15) is 11.4 Å². The molecule has 4 nitrogen and oxygen atoms in total. The van der Waals surface area contributed by atoms with Crippen LogP contribution in [-0.4, -0.2) is 29.4 Å². The van der Waals surface area contributed by atoms with E-state index < -0.39 is 0 Å². The minimum Gasteiger partial charge on any atom is -0.385 e. The highest BCUT2D eigenvalue weighted by Gasteiger charge is 2.55. The number of amidine groups is 1. The van der Waals surface area contributed by atoms with E-state index in [4.69, 9.17) is 5.73 Å². The smallest absolute Gasteiger partial charge is 0.345 e. The lowest BCUT2D eigenvalue weighted by Crippen LogP contribution is -2.61. The summed E-state index contributed by atoms with van der Waals surface area (Å²) < 4.78 is 0. The van der Waals surface area contributed by atoms with Crippen LogP contribution < -0.4 is 5.73 Å². The summed E-state index contributed by atoms with van der Waals surface area (Å²) in [5.74, 6) is 1.86. The number of amides is 2. The molecule has 2 N–H and O–H groups in total. The first-order chi connectivity index (χ1) is 6.47. The van der Waals surface area contributed by atoms with E-state index in [0.717, 1.165) is 12.8 Å². The molecule has 0 aromatic carbocycles. The van der Waals surface area contributed by atoms with Gasteiger partial charge in [-0.15, -0.1) is 0 Å². The molecule has 0 unspecified atom stereocenters. The Balaban J connectivity index is 2.14. The van der Waals surface area contributed by atoms with E-state index in [2.05, 4.69) is 18.8 Å². The number of rotatable bonds is 1. The summed E-state index contributed by atoms with van der Waals surface area (Å²) in [6, 6.07) is -0.190. The maximum atomic E-state index is 11.3. The third-order valence-corrected chi connectivity index (χ3v) is 3.76. The summed E-state index contributed by atoms with van der Waals surface area (Å²) in [5, 5.41) is 0. The zero-order valence-electron chi connectivity index (χ0n) is 8.95. The monoisotopic (exact) mass is 195 g/mol. The van der Waals surface area contributed by atoms with E-state index >= 15 is 0 Å². The Bertz CT molecular complexity index is 302. The van der Waals surface area contributed by atoms with Gasteiger partial charge in [0.15, 0.2) is 0 Å². The fraction of sp³-hybridized carbons (Fsp3) is 0.800. The number of carbonyl (C=O) groups is 1. The molecule has 1 aliphatic heterocycles. The Hall–Kier alpha value is -1.06. The van der Waals surface area contributed by atoms with Crippen molar-refractivity contribution in [2.75, 3.05) is 7.05 Å². The van der Waals surface area contributed by atoms with Crippen LogP contribution in [0.2, 0.25) is 0 Å². The Morgan fingerprint density at radius 3 is 2.50 bits per heavy atom. The average molecular weight is 195 g/mol. The van der Waals surface area contributed by atoms with E-state index in [0.29, 0.717) is 17.7 Å². The molecule has 0 aromatic heterocycles. The molecule has 0 saturated heterocycles. The van der Waals surface area contributed by atoms with Crippen molar-refractivity contribution >= 4 is 11.9 Å². The summed E-state index contributed by atoms with van der Waals surface area (Å²) in [7, 11) is 1.79. The van der Waals surface area contributed by atoms with E-state index in [1.807, 2.05) is 0 Å². The predicted molar refractivity (Wildman–Crippen MR) is 55.1 cm³/mol. The summed E-state index contributed by atoms with van der Waals surface area (Å²) in [5.41, 5.74) is 5.58. The van der Waals surface area contributed by atoms with Crippen LogP contribution in [0.4, 0.5) is 4.79 Å². The van der Waals surface area contributed by atoms with Crippen molar-refractivity contribution in [1.29, 1.82) is 0 Å². The number of hydrogen-bond acceptors (Lipinski definition) is 2. The molecule has 0 bridgehead atoms. The van der Waals surface area contributed by atoms with Gasteiger partial charge in [-0.1, -0.05) is 13.8 Å². The first-order valence-corrected chi connectivity index (χ1v) is 5.10. The van der Waals surface area contributed by atoms with Crippen molar-refractivity contribution in [3.63, 3.8) is 0 Å². The van der Waals surface area contributed by atoms with Gasteiger partial charge in [-0.3, -0.25) is 0 Å². The quantitative estimate of drug-likeness (QED) is 0.683. The molecule has 4 heteroatoms. The molecule has 1 fully saturated rings. The van der Waals surface area contributed by atoms with Gasteiger partial charge in [0.05, 0.1) is 0 Å². The van der Waals surface area contributed by atoms with Crippen molar-refractivity contribution in [2.45, 2.75) is 32.2 Å². The van der Waals surface area contributed by atoms with Crippen LogP contribution in [0.25, 0.3) is 0 Å². The van der Waals surface area contributed by atoms with E-state index in [9.17, 15) is 4.79 Å². The molecule has 2 amide bonds. The molecular formula is C10H17N3O. The van der Waals surface area contributed by atoms with Gasteiger partial charge in [-0.2, -0.15) is 4.99 Å². The molecule has 1 saturated carbocycles. The summed E-state index contributed by atoms with van der Waals surface area (Å²) in [6.07, 6.45) is 1.95. The Kier molecular flexibility index (Phi) is 1.84. The molecule has 0 atom stereocenters. The van der Waals surface area contributed by atoms with Crippen LogP contribution in [0.3, 0.4) is 0 Å². The largest absolute Gasteiger partial charge is 0.385 e. The number of nitrogens with two attached hydrogens (primary N) is 1. The van der Waals surface area contributed by atoms with Gasteiger partial charge in [-0.25, -0.2) is 4.79 Å². The molecule has 2 rings (SSSR count). The summed E-state index contributed by atoms with van der Waals surface area (Å²) in [4.78, 5) is 16.8. The summed E-state index contributed by atoms with van der Waals surface area (Å²) in [6.45, 7) is 4.42. The fourth-order valence-corrected chi connectivity index (χ4v) is 2.40. The third kappa shape index (κ3) is 0.996. The number of aliphatic imine (C=N–C) groups is 1. The van der Waals surface area contributed by atoms with Crippen molar-refractivity contribution in [1.82, 2.24) is 4.90 Å². The van der Waals surface area contributed by atoms with Gasteiger partial charge < -0.3 is 10.6 Å². The van der Waals surface area contributed by atoms with Gasteiger partial charge in [0.2, 0.25) is 0 Å². The molecule has 14 heavy (non-hydrogen) atoms. The molecule has 1 aliphatic carbocycles. The second-order valence-electron chi connectivity index (χ2n) is 4.78. The van der Waals surface area contributed by atoms with Crippen molar-refractivity contribution in [3.05, 3.63) is 0 Å². The molecule has 78 valence electrons. The van der Waals surface area contributed by atoms with Gasteiger partial charge in [0, 0.05) is 7.05 Å². The molecule has 0 radical (unpaired) electrons. The number of likely N-dealkylation sites (N-methyl/N-ethyl adjacent to an activating group) is 1. The SMILES string of the molecule is CC(C)C1CC2(C1)C(N)=NC(=O)N2C. The molecule has 1 heterocycles. The first-order valence-electron chi connectivity index (χ1n) is 5.10. The standard InChI is InChI=1S/C10H17N3O/c1-6(2)7-4-10(5-7)8(11)12-9(14)13(10)3/h6-7H,4-5H2,1-3H3,(H2,11,12,14). The Labute approximate surface area is 84.2 Å². The molecule has 2 aliphatic rings. The Morgan fingerprint density at radius 2 is 2.14 bits per heavy atom. The lowest BCUT2D eigenvalue weighted by molar-refractivity contribution is 0.0598. The second kappa shape index (κ2) is 2.72. The highest BCUT2D eigenvalue weighted by molar-refractivity contribution is 6.06. The molecular weight excluding hydrogens is 178 g/mol. The van der Waals surface area contributed by atoms with Crippen LogP contribution in [0, 0.1) is 11.8 Å². The topological polar surface area (TPSA) is 58.7 Å². The zero-order valence-corrected chi connectivity index (χ0v) is 8.95. The van der Waals surface area contributed by atoms with Gasteiger partial charge in [0.25, 0.3) is 0 Å². The molecule has 1 spiro atoms. The van der Waals surface area contributed by atoms with E-state index in [1.54, 1.807) is 11.9 Å². The fourth-order valence-electron chi connectivity index (χ4n) is 2.40. The third-order valence-electron chi connectivity index (χ3n) is 3.76. The lowest BCUT2D eigenvalue weighted by Gasteiger charge is -2.50. The van der Waals surface area contributed by atoms with Crippen molar-refractivity contribution in [3.8, 4) is 0 Å². The van der Waals surface area contributed by atoms with Crippen LogP contribution in [-0.2, 0) is 0 Å². The van der Waals surface area contributed by atoms with Gasteiger partial charge in [-0.05, 0) is 24.7 Å². The van der Waals surface area contributed by atoms with Crippen LogP contribution in [0.5, 0.6) is 0 Å². The minimum atomic E-state index is -0.230. The number of nitrogens with zero attached hydrogens (tertiary/aromatic N) is 2. The Morgan fingerprint density at radius 1 is 1.57 bits per heavy atom. The normalized spacial score (nSPS) is 36.6. The van der Waals surface area contributed by atoms with E-state index in [1.165, 1.54) is 0 Å².